The first-order valence-corrected chi connectivity index (χ1v) is 7.00. The summed E-state index contributed by atoms with van der Waals surface area (Å²) in [6.45, 7) is 0. The molecule has 2 heterocycles. The maximum Gasteiger partial charge on any atom is 0.234 e. The Morgan fingerprint density at radius 2 is 1.55 bits per heavy atom. The van der Waals surface area contributed by atoms with Gasteiger partial charge in [-0.15, -0.1) is 0 Å². The Morgan fingerprint density at radius 3 is 2.00 bits per heavy atom. The Morgan fingerprint density at radius 1 is 1.00 bits per heavy atom. The highest BCUT2D eigenvalue weighted by atomic mass is 16.2. The van der Waals surface area contributed by atoms with Crippen LogP contribution in [0.15, 0.2) is 49.1 Å². The molecule has 1 aliphatic rings. The molecular weight excluding hydrogens is 250 g/mol. The largest absolute Gasteiger partial charge is 0.278 e. The van der Waals surface area contributed by atoms with Crippen LogP contribution < -0.4 is 4.90 Å². The topological polar surface area (TPSA) is 46.1 Å². The molecule has 3 rings (SSSR count). The van der Waals surface area contributed by atoms with Crippen molar-refractivity contribution in [1.29, 1.82) is 0 Å². The predicted molar refractivity (Wildman–Crippen MR) is 77.6 cm³/mol. The van der Waals surface area contributed by atoms with Crippen LogP contribution in [0.2, 0.25) is 0 Å². The van der Waals surface area contributed by atoms with Gasteiger partial charge in [0.15, 0.2) is 0 Å². The maximum absolute atomic E-state index is 12.8. The summed E-state index contributed by atoms with van der Waals surface area (Å²) in [5.74, 6) is 0.277. The third-order valence-electron chi connectivity index (χ3n) is 3.73. The lowest BCUT2D eigenvalue weighted by Gasteiger charge is -2.25. The molecule has 0 atom stereocenters. The number of hydrogen-bond donors (Lipinski definition) is 0. The molecule has 0 aromatic carbocycles. The quantitative estimate of drug-likeness (QED) is 0.857. The van der Waals surface area contributed by atoms with E-state index in [0.717, 1.165) is 37.1 Å². The summed E-state index contributed by atoms with van der Waals surface area (Å²) in [6, 6.07) is 7.51. The molecule has 1 aliphatic carbocycles. The van der Waals surface area contributed by atoms with Crippen LogP contribution in [-0.4, -0.2) is 15.9 Å². The fourth-order valence-corrected chi connectivity index (χ4v) is 2.73. The Bertz CT molecular complexity index is 525. The van der Waals surface area contributed by atoms with E-state index in [1.165, 1.54) is 0 Å². The van der Waals surface area contributed by atoms with E-state index in [9.17, 15) is 4.79 Å². The van der Waals surface area contributed by atoms with E-state index in [2.05, 4.69) is 9.97 Å². The second-order valence-electron chi connectivity index (χ2n) is 5.08. The van der Waals surface area contributed by atoms with Gasteiger partial charge in [0.25, 0.3) is 0 Å². The van der Waals surface area contributed by atoms with Crippen LogP contribution in [0.4, 0.5) is 11.4 Å². The fourth-order valence-electron chi connectivity index (χ4n) is 2.73. The first-order chi connectivity index (χ1) is 9.86. The fraction of sp³-hybridized carbons (Fsp3) is 0.312. The van der Waals surface area contributed by atoms with Crippen LogP contribution in [0.25, 0.3) is 0 Å². The van der Waals surface area contributed by atoms with Gasteiger partial charge in [0.2, 0.25) is 5.91 Å². The molecule has 102 valence electrons. The first kappa shape index (κ1) is 12.8. The zero-order chi connectivity index (χ0) is 13.8. The van der Waals surface area contributed by atoms with Crippen molar-refractivity contribution in [1.82, 2.24) is 9.97 Å². The Labute approximate surface area is 118 Å². The summed E-state index contributed by atoms with van der Waals surface area (Å²) in [6.07, 6.45) is 11.1. The smallest absolute Gasteiger partial charge is 0.234 e. The Kier molecular flexibility index (Phi) is 3.72. The lowest BCUT2D eigenvalue weighted by molar-refractivity contribution is -0.121. The summed E-state index contributed by atoms with van der Waals surface area (Å²) in [5.41, 5.74) is 1.61. The zero-order valence-corrected chi connectivity index (χ0v) is 11.3. The van der Waals surface area contributed by atoms with E-state index < -0.39 is 0 Å². The number of amides is 1. The molecule has 0 aliphatic heterocycles. The molecule has 0 spiro atoms. The SMILES string of the molecule is O=C(C1CCCC1)N(c1cccnc1)c1cccnc1. The van der Waals surface area contributed by atoms with Crippen molar-refractivity contribution < 1.29 is 4.79 Å². The summed E-state index contributed by atoms with van der Waals surface area (Å²) >= 11 is 0. The van der Waals surface area contributed by atoms with Crippen molar-refractivity contribution in [3.05, 3.63) is 49.1 Å². The highest BCUT2D eigenvalue weighted by Crippen LogP contribution is 2.32. The van der Waals surface area contributed by atoms with Gasteiger partial charge in [0, 0.05) is 18.3 Å². The van der Waals surface area contributed by atoms with Gasteiger partial charge in [-0.2, -0.15) is 0 Å². The van der Waals surface area contributed by atoms with Gasteiger partial charge in [0.05, 0.1) is 23.8 Å². The predicted octanol–water partition coefficient (Wildman–Crippen LogP) is 3.33. The number of pyridine rings is 2. The van der Waals surface area contributed by atoms with Gasteiger partial charge in [-0.25, -0.2) is 0 Å². The van der Waals surface area contributed by atoms with Gasteiger partial charge < -0.3 is 0 Å². The molecule has 2 aromatic heterocycles. The Balaban J connectivity index is 1.97. The average Bonchev–Trinajstić information content (AvgIpc) is 3.04. The molecule has 0 N–H and O–H groups in total. The standard InChI is InChI=1S/C16H17N3O/c20-16(13-5-1-2-6-13)19(14-7-3-9-17-11-14)15-8-4-10-18-12-15/h3-4,7-13H,1-2,5-6H2. The van der Waals surface area contributed by atoms with E-state index >= 15 is 0 Å². The second-order valence-corrected chi connectivity index (χ2v) is 5.08. The third kappa shape index (κ3) is 2.54. The van der Waals surface area contributed by atoms with E-state index in [0.29, 0.717) is 0 Å². The first-order valence-electron chi connectivity index (χ1n) is 7.00. The number of nitrogens with zero attached hydrogens (tertiary/aromatic N) is 3. The number of aromatic nitrogens is 2. The number of anilines is 2. The van der Waals surface area contributed by atoms with E-state index in [1.54, 1.807) is 29.7 Å². The molecule has 4 nitrogen and oxygen atoms in total. The van der Waals surface area contributed by atoms with Crippen molar-refractivity contribution in [2.45, 2.75) is 25.7 Å². The molecule has 0 radical (unpaired) electrons. The van der Waals surface area contributed by atoms with Crippen LogP contribution in [0.3, 0.4) is 0 Å². The van der Waals surface area contributed by atoms with Crippen molar-refractivity contribution in [3.63, 3.8) is 0 Å². The number of hydrogen-bond acceptors (Lipinski definition) is 3. The number of carbonyl (C=O) groups is 1. The van der Waals surface area contributed by atoms with Crippen molar-refractivity contribution >= 4 is 17.3 Å². The van der Waals surface area contributed by atoms with Crippen LogP contribution in [0, 0.1) is 5.92 Å². The normalized spacial score (nSPS) is 15.2. The van der Waals surface area contributed by atoms with Crippen LogP contribution in [0.5, 0.6) is 0 Å². The molecule has 2 aromatic rings. The van der Waals surface area contributed by atoms with Crippen LogP contribution in [0.1, 0.15) is 25.7 Å². The van der Waals surface area contributed by atoms with Crippen LogP contribution >= 0.6 is 0 Å². The number of carbonyl (C=O) groups excluding carboxylic acids is 1. The molecule has 4 heteroatoms. The summed E-state index contributed by atoms with van der Waals surface area (Å²) < 4.78 is 0. The monoisotopic (exact) mass is 267 g/mol. The van der Waals surface area contributed by atoms with Crippen molar-refractivity contribution in [3.8, 4) is 0 Å². The van der Waals surface area contributed by atoms with E-state index in [1.807, 2.05) is 24.3 Å². The van der Waals surface area contributed by atoms with Gasteiger partial charge in [-0.05, 0) is 37.1 Å². The highest BCUT2D eigenvalue weighted by Gasteiger charge is 2.29. The van der Waals surface area contributed by atoms with Crippen LogP contribution in [-0.2, 0) is 4.79 Å². The zero-order valence-electron chi connectivity index (χ0n) is 11.3. The minimum atomic E-state index is 0.121. The summed E-state index contributed by atoms with van der Waals surface area (Å²) in [5, 5.41) is 0. The molecule has 0 saturated heterocycles. The molecule has 0 bridgehead atoms. The second kappa shape index (κ2) is 5.82. The molecule has 1 saturated carbocycles. The lowest BCUT2D eigenvalue weighted by atomic mass is 10.1. The Hall–Kier alpha value is -2.23. The van der Waals surface area contributed by atoms with Gasteiger partial charge in [-0.1, -0.05) is 12.8 Å². The van der Waals surface area contributed by atoms with Crippen molar-refractivity contribution in [2.24, 2.45) is 5.92 Å². The lowest BCUT2D eigenvalue weighted by Crippen LogP contribution is -2.31. The third-order valence-corrected chi connectivity index (χ3v) is 3.73. The van der Waals surface area contributed by atoms with Gasteiger partial charge in [0.1, 0.15) is 0 Å². The minimum Gasteiger partial charge on any atom is -0.278 e. The molecule has 20 heavy (non-hydrogen) atoms. The molecular formula is C16H17N3O. The van der Waals surface area contributed by atoms with E-state index in [4.69, 9.17) is 0 Å². The highest BCUT2D eigenvalue weighted by molar-refractivity contribution is 6.01. The summed E-state index contributed by atoms with van der Waals surface area (Å²) in [4.78, 5) is 22.8. The number of rotatable bonds is 3. The maximum atomic E-state index is 12.8. The minimum absolute atomic E-state index is 0.121. The molecule has 1 fully saturated rings. The van der Waals surface area contributed by atoms with E-state index in [-0.39, 0.29) is 11.8 Å². The van der Waals surface area contributed by atoms with Crippen molar-refractivity contribution in [2.75, 3.05) is 4.90 Å². The molecule has 0 unspecified atom stereocenters. The summed E-state index contributed by atoms with van der Waals surface area (Å²) in [7, 11) is 0. The van der Waals surface area contributed by atoms with Gasteiger partial charge in [-0.3, -0.25) is 19.7 Å². The van der Waals surface area contributed by atoms with Gasteiger partial charge >= 0.3 is 0 Å². The molecule has 1 amide bonds. The average molecular weight is 267 g/mol.